The SMILES string of the molecule is CC(C)OCN(CCCl)S(=O)(=O)OC(=O)CO. The molecule has 0 unspecified atom stereocenters. The van der Waals surface area contributed by atoms with Gasteiger partial charge in [-0.1, -0.05) is 0 Å². The Balaban J connectivity index is 4.60. The van der Waals surface area contributed by atoms with Crippen molar-refractivity contribution >= 4 is 27.9 Å². The molecular formula is C8H16ClNO6S. The third-order valence-corrected chi connectivity index (χ3v) is 3.02. The molecule has 0 atom stereocenters. The topological polar surface area (TPSA) is 93.1 Å². The Labute approximate surface area is 106 Å². The Morgan fingerprint density at radius 2 is 2.06 bits per heavy atom. The van der Waals surface area contributed by atoms with Crippen LogP contribution in [-0.2, 0) is 24.0 Å². The van der Waals surface area contributed by atoms with Crippen LogP contribution in [0.2, 0.25) is 0 Å². The second-order valence-corrected chi connectivity index (χ2v) is 5.20. The maximum Gasteiger partial charge on any atom is 0.389 e. The van der Waals surface area contributed by atoms with Gasteiger partial charge in [0.15, 0.2) is 0 Å². The van der Waals surface area contributed by atoms with Gasteiger partial charge in [0.05, 0.1) is 6.10 Å². The zero-order valence-electron chi connectivity index (χ0n) is 9.63. The maximum atomic E-state index is 11.5. The highest BCUT2D eigenvalue weighted by Gasteiger charge is 2.26. The van der Waals surface area contributed by atoms with Crippen LogP contribution < -0.4 is 0 Å². The summed E-state index contributed by atoms with van der Waals surface area (Å²) >= 11 is 5.44. The average molecular weight is 290 g/mol. The second-order valence-electron chi connectivity index (χ2n) is 3.28. The third-order valence-electron chi connectivity index (χ3n) is 1.53. The van der Waals surface area contributed by atoms with Gasteiger partial charge in [0.1, 0.15) is 13.3 Å². The van der Waals surface area contributed by atoms with Gasteiger partial charge in [-0.25, -0.2) is 4.79 Å². The predicted molar refractivity (Wildman–Crippen MR) is 60.6 cm³/mol. The highest BCUT2D eigenvalue weighted by atomic mass is 35.5. The summed E-state index contributed by atoms with van der Waals surface area (Å²) in [5, 5.41) is 8.41. The molecule has 17 heavy (non-hydrogen) atoms. The summed E-state index contributed by atoms with van der Waals surface area (Å²) in [7, 11) is -4.28. The Hall–Kier alpha value is -0.410. The maximum absolute atomic E-state index is 11.5. The van der Waals surface area contributed by atoms with Crippen molar-refractivity contribution in [2.45, 2.75) is 20.0 Å². The summed E-state index contributed by atoms with van der Waals surface area (Å²) in [5.74, 6) is -1.23. The zero-order valence-corrected chi connectivity index (χ0v) is 11.2. The minimum Gasteiger partial charge on any atom is -0.385 e. The van der Waals surface area contributed by atoms with Crippen LogP contribution in [0.15, 0.2) is 0 Å². The molecule has 0 aromatic carbocycles. The van der Waals surface area contributed by atoms with Crippen LogP contribution in [0.4, 0.5) is 0 Å². The number of rotatable bonds is 8. The summed E-state index contributed by atoms with van der Waals surface area (Å²) in [5.41, 5.74) is 0. The van der Waals surface area contributed by atoms with E-state index in [1.165, 1.54) is 0 Å². The molecule has 0 aliphatic rings. The van der Waals surface area contributed by atoms with Crippen molar-refractivity contribution in [3.63, 3.8) is 0 Å². The van der Waals surface area contributed by atoms with E-state index in [1.807, 2.05) is 0 Å². The second kappa shape index (κ2) is 7.83. The minimum atomic E-state index is -4.28. The van der Waals surface area contributed by atoms with Gasteiger partial charge >= 0.3 is 16.3 Å². The number of halogens is 1. The molecule has 0 bridgehead atoms. The smallest absolute Gasteiger partial charge is 0.385 e. The summed E-state index contributed by atoms with van der Waals surface area (Å²) in [6.45, 7) is 2.11. The number of ether oxygens (including phenoxy) is 1. The number of nitrogens with zero attached hydrogens (tertiary/aromatic N) is 1. The van der Waals surface area contributed by atoms with Gasteiger partial charge in [-0.15, -0.1) is 15.9 Å². The summed E-state index contributed by atoms with van der Waals surface area (Å²) in [4.78, 5) is 10.7. The van der Waals surface area contributed by atoms with Crippen LogP contribution in [0, 0.1) is 0 Å². The van der Waals surface area contributed by atoms with Crippen LogP contribution in [-0.4, -0.2) is 55.7 Å². The first-order chi connectivity index (χ1) is 7.83. The first-order valence-corrected chi connectivity index (χ1v) is 6.74. The van der Waals surface area contributed by atoms with E-state index < -0.39 is 22.9 Å². The quantitative estimate of drug-likeness (QED) is 0.487. The number of hydrogen-bond acceptors (Lipinski definition) is 6. The van der Waals surface area contributed by atoms with Crippen LogP contribution in [0.3, 0.4) is 0 Å². The summed E-state index contributed by atoms with van der Waals surface area (Å²) < 4.78 is 33.0. The molecule has 7 nitrogen and oxygen atoms in total. The molecule has 0 aliphatic carbocycles. The molecule has 1 N–H and O–H groups in total. The summed E-state index contributed by atoms with van der Waals surface area (Å²) in [6, 6.07) is 0. The fourth-order valence-corrected chi connectivity index (χ4v) is 1.97. The molecule has 0 spiro atoms. The lowest BCUT2D eigenvalue weighted by molar-refractivity contribution is -0.137. The Morgan fingerprint density at radius 1 is 1.47 bits per heavy atom. The molecule has 0 aromatic rings. The van der Waals surface area contributed by atoms with Gasteiger partial charge in [-0.3, -0.25) is 0 Å². The molecule has 0 saturated heterocycles. The Bertz CT molecular complexity index is 331. The molecule has 0 aromatic heterocycles. The highest BCUT2D eigenvalue weighted by Crippen LogP contribution is 2.06. The monoisotopic (exact) mass is 289 g/mol. The molecule has 102 valence electrons. The molecule has 0 heterocycles. The lowest BCUT2D eigenvalue weighted by Crippen LogP contribution is -2.38. The molecule has 9 heteroatoms. The minimum absolute atomic E-state index is 0.0252. The number of hydrogen-bond donors (Lipinski definition) is 1. The Morgan fingerprint density at radius 3 is 2.47 bits per heavy atom. The van der Waals surface area contributed by atoms with Crippen LogP contribution in [0.1, 0.15) is 13.8 Å². The van der Waals surface area contributed by atoms with Crippen molar-refractivity contribution in [3.8, 4) is 0 Å². The lowest BCUT2D eigenvalue weighted by Gasteiger charge is -2.20. The van der Waals surface area contributed by atoms with Crippen molar-refractivity contribution < 1.29 is 27.2 Å². The average Bonchev–Trinajstić information content (AvgIpc) is 2.22. The largest absolute Gasteiger partial charge is 0.389 e. The van der Waals surface area contributed by atoms with Gasteiger partial charge in [0.25, 0.3) is 0 Å². The van der Waals surface area contributed by atoms with Gasteiger partial charge in [0.2, 0.25) is 0 Å². The van der Waals surface area contributed by atoms with Gasteiger partial charge in [-0.2, -0.15) is 8.42 Å². The normalized spacial score (nSPS) is 12.1. The lowest BCUT2D eigenvalue weighted by atomic mass is 10.5. The van der Waals surface area contributed by atoms with E-state index in [-0.39, 0.29) is 25.3 Å². The van der Waals surface area contributed by atoms with E-state index in [9.17, 15) is 13.2 Å². The molecule has 0 aliphatic heterocycles. The number of aliphatic hydroxyl groups is 1. The molecule has 0 radical (unpaired) electrons. The molecular weight excluding hydrogens is 274 g/mol. The number of carbonyl (C=O) groups is 1. The Kier molecular flexibility index (Phi) is 7.64. The molecule has 0 rings (SSSR count). The molecule has 0 amide bonds. The van der Waals surface area contributed by atoms with Crippen LogP contribution in [0.25, 0.3) is 0 Å². The highest BCUT2D eigenvalue weighted by molar-refractivity contribution is 7.84. The van der Waals surface area contributed by atoms with Crippen molar-refractivity contribution in [2.24, 2.45) is 0 Å². The van der Waals surface area contributed by atoms with E-state index >= 15 is 0 Å². The van der Waals surface area contributed by atoms with Gasteiger partial charge in [-0.05, 0) is 13.8 Å². The first kappa shape index (κ1) is 16.6. The van der Waals surface area contributed by atoms with E-state index in [4.69, 9.17) is 21.4 Å². The molecule has 0 fully saturated rings. The van der Waals surface area contributed by atoms with E-state index in [1.54, 1.807) is 13.8 Å². The van der Waals surface area contributed by atoms with E-state index in [0.717, 1.165) is 4.31 Å². The fourth-order valence-electron chi connectivity index (χ4n) is 0.764. The standard InChI is InChI=1S/C8H16ClNO6S/c1-7(2)15-6-10(4-3-9)17(13,14)16-8(12)5-11/h7,11H,3-6H2,1-2H3. The first-order valence-electron chi connectivity index (χ1n) is 4.84. The van der Waals surface area contributed by atoms with E-state index in [2.05, 4.69) is 4.18 Å². The van der Waals surface area contributed by atoms with Crippen molar-refractivity contribution in [1.29, 1.82) is 0 Å². The number of alkyl halides is 1. The fraction of sp³-hybridized carbons (Fsp3) is 0.875. The number of aliphatic hydroxyl groups excluding tert-OH is 1. The summed E-state index contributed by atoms with van der Waals surface area (Å²) in [6.07, 6.45) is -0.184. The van der Waals surface area contributed by atoms with E-state index in [0.29, 0.717) is 0 Å². The van der Waals surface area contributed by atoms with Crippen molar-refractivity contribution in [1.82, 2.24) is 4.31 Å². The van der Waals surface area contributed by atoms with Crippen LogP contribution >= 0.6 is 11.6 Å². The third kappa shape index (κ3) is 6.79. The van der Waals surface area contributed by atoms with Crippen LogP contribution in [0.5, 0.6) is 0 Å². The predicted octanol–water partition coefficient (Wildman–Crippen LogP) is -0.310. The molecule has 0 saturated carbocycles. The van der Waals surface area contributed by atoms with Crippen molar-refractivity contribution in [3.05, 3.63) is 0 Å². The van der Waals surface area contributed by atoms with Gasteiger partial charge < -0.3 is 14.0 Å². The number of carbonyl (C=O) groups excluding carboxylic acids is 1. The zero-order chi connectivity index (χ0) is 13.5. The van der Waals surface area contributed by atoms with Crippen molar-refractivity contribution in [2.75, 3.05) is 25.8 Å². The van der Waals surface area contributed by atoms with Gasteiger partial charge in [0, 0.05) is 12.4 Å².